The minimum Gasteiger partial charge on any atom is -0.293 e. The number of carbonyl (C=O) groups excluding carboxylic acids is 1. The van der Waals surface area contributed by atoms with E-state index < -0.39 is 5.66 Å². The van der Waals surface area contributed by atoms with Crippen LogP contribution in [0.1, 0.15) is 61.2 Å². The maximum Gasteiger partial charge on any atom is 0.178 e. The lowest BCUT2D eigenvalue weighted by Crippen LogP contribution is -2.27. The predicted octanol–water partition coefficient (Wildman–Crippen LogP) is 5.53. The van der Waals surface area contributed by atoms with Crippen molar-refractivity contribution < 1.29 is 9.36 Å². The molecule has 0 saturated carbocycles. The molecule has 0 radical (unpaired) electrons. The Hall–Kier alpha value is -1.01. The van der Waals surface area contributed by atoms with Gasteiger partial charge < -0.3 is 0 Å². The number of hydrogen-bond donors (Lipinski definition) is 0. The Balaban J connectivity index is 3.16. The highest BCUT2D eigenvalue weighted by Crippen LogP contribution is 2.33. The summed E-state index contributed by atoms with van der Waals surface area (Å²) in [5.41, 5.74) is 3.51. The first kappa shape index (κ1) is 18.0. The van der Waals surface area contributed by atoms with Gasteiger partial charge in [0.25, 0.3) is 0 Å². The van der Waals surface area contributed by atoms with Crippen molar-refractivity contribution in [3.8, 4) is 0 Å². The third-order valence-electron chi connectivity index (χ3n) is 4.05. The highest BCUT2D eigenvalue weighted by Gasteiger charge is 2.31. The van der Waals surface area contributed by atoms with Crippen LogP contribution in [-0.4, -0.2) is 11.4 Å². The zero-order valence-electron chi connectivity index (χ0n) is 14.3. The van der Waals surface area contributed by atoms with Gasteiger partial charge in [-0.3, -0.25) is 9.36 Å². The molecule has 0 bridgehead atoms. The minimum atomic E-state index is -0.455. The van der Waals surface area contributed by atoms with E-state index in [2.05, 4.69) is 20.8 Å². The van der Waals surface area contributed by atoms with Gasteiger partial charge in [-0.2, -0.15) is 0 Å². The molecule has 0 amide bonds. The molecule has 0 spiro atoms. The molecule has 0 aliphatic carbocycles. The molecule has 0 aliphatic heterocycles. The number of ketones is 1. The van der Waals surface area contributed by atoms with Gasteiger partial charge in [0, 0.05) is 5.56 Å². The van der Waals surface area contributed by atoms with Gasteiger partial charge in [0.05, 0.1) is 0 Å². The second-order valence-electron chi connectivity index (χ2n) is 7.36. The van der Waals surface area contributed by atoms with Gasteiger partial charge in [0.2, 0.25) is 0 Å². The van der Waals surface area contributed by atoms with Crippen molar-refractivity contribution in [3.05, 3.63) is 34.4 Å². The standard InChI is InChI=1S/C18H27O2P/c1-11-8-9-12(2)15(14(11)4)16(19)17(21-20)13(3)10-18(5,6)7/h8-9,13,17H,10H2,1-7H3. The summed E-state index contributed by atoms with van der Waals surface area (Å²) in [5, 5.41) is 0. The fourth-order valence-corrected chi connectivity index (χ4v) is 3.50. The van der Waals surface area contributed by atoms with Crippen molar-refractivity contribution in [1.29, 1.82) is 0 Å². The summed E-state index contributed by atoms with van der Waals surface area (Å²) in [4.78, 5) is 12.9. The predicted molar refractivity (Wildman–Crippen MR) is 89.6 cm³/mol. The Kier molecular flexibility index (Phi) is 5.87. The van der Waals surface area contributed by atoms with Gasteiger partial charge in [0.15, 0.2) is 14.2 Å². The number of benzene rings is 1. The van der Waals surface area contributed by atoms with Crippen LogP contribution in [0, 0.1) is 32.1 Å². The van der Waals surface area contributed by atoms with Crippen LogP contribution in [0.4, 0.5) is 0 Å². The van der Waals surface area contributed by atoms with Gasteiger partial charge in [-0.15, -0.1) is 0 Å². The Morgan fingerprint density at radius 1 is 1.14 bits per heavy atom. The van der Waals surface area contributed by atoms with Gasteiger partial charge in [-0.25, -0.2) is 0 Å². The third kappa shape index (κ3) is 4.48. The maximum atomic E-state index is 12.9. The van der Waals surface area contributed by atoms with E-state index in [-0.39, 0.29) is 25.6 Å². The summed E-state index contributed by atoms with van der Waals surface area (Å²) in [6.07, 6.45) is 0.878. The van der Waals surface area contributed by atoms with Crippen LogP contribution < -0.4 is 0 Å². The maximum absolute atomic E-state index is 12.9. The Morgan fingerprint density at radius 3 is 2.14 bits per heavy atom. The van der Waals surface area contributed by atoms with Gasteiger partial charge in [-0.1, -0.05) is 39.8 Å². The van der Waals surface area contributed by atoms with E-state index >= 15 is 0 Å². The Morgan fingerprint density at radius 2 is 1.67 bits per heavy atom. The average Bonchev–Trinajstić information content (AvgIpc) is 2.33. The second kappa shape index (κ2) is 6.83. The first-order chi connectivity index (χ1) is 9.58. The van der Waals surface area contributed by atoms with Crippen molar-refractivity contribution in [1.82, 2.24) is 0 Å². The topological polar surface area (TPSA) is 34.1 Å². The monoisotopic (exact) mass is 306 g/mol. The van der Waals surface area contributed by atoms with E-state index in [0.717, 1.165) is 28.7 Å². The van der Waals surface area contributed by atoms with Crippen LogP contribution in [-0.2, 0) is 4.57 Å². The molecule has 0 N–H and O–H groups in total. The normalized spacial score (nSPS) is 15.0. The molecule has 116 valence electrons. The quantitative estimate of drug-likeness (QED) is 0.529. The lowest BCUT2D eigenvalue weighted by Gasteiger charge is -2.26. The van der Waals surface area contributed by atoms with Gasteiger partial charge in [0.1, 0.15) is 5.66 Å². The van der Waals surface area contributed by atoms with E-state index in [4.69, 9.17) is 0 Å². The van der Waals surface area contributed by atoms with Crippen molar-refractivity contribution in [2.24, 2.45) is 11.3 Å². The highest BCUT2D eigenvalue weighted by atomic mass is 31.1. The van der Waals surface area contributed by atoms with Crippen molar-refractivity contribution in [2.75, 3.05) is 0 Å². The van der Waals surface area contributed by atoms with Crippen molar-refractivity contribution in [2.45, 2.75) is 60.5 Å². The Labute approximate surface area is 130 Å². The zero-order chi connectivity index (χ0) is 16.4. The lowest BCUT2D eigenvalue weighted by molar-refractivity contribution is 0.0959. The zero-order valence-corrected chi connectivity index (χ0v) is 15.2. The molecule has 21 heavy (non-hydrogen) atoms. The van der Waals surface area contributed by atoms with E-state index in [1.54, 1.807) is 0 Å². The summed E-state index contributed by atoms with van der Waals surface area (Å²) in [6, 6.07) is 4.01. The molecule has 0 aliphatic rings. The largest absolute Gasteiger partial charge is 0.293 e. The van der Waals surface area contributed by atoms with E-state index in [1.165, 1.54) is 0 Å². The van der Waals surface area contributed by atoms with Crippen molar-refractivity contribution in [3.63, 3.8) is 0 Å². The molecule has 0 fully saturated rings. The third-order valence-corrected chi connectivity index (χ3v) is 5.02. The van der Waals surface area contributed by atoms with Crippen LogP contribution in [0.2, 0.25) is 0 Å². The molecule has 0 aromatic heterocycles. The van der Waals surface area contributed by atoms with E-state index in [9.17, 15) is 9.36 Å². The van der Waals surface area contributed by atoms with Crippen LogP contribution >= 0.6 is 8.46 Å². The molecule has 2 unspecified atom stereocenters. The number of hydrogen-bond acceptors (Lipinski definition) is 2. The number of carbonyl (C=O) groups is 1. The fourth-order valence-electron chi connectivity index (χ4n) is 2.97. The van der Waals surface area contributed by atoms with Crippen LogP contribution in [0.5, 0.6) is 0 Å². The molecule has 1 rings (SSSR count). The molecule has 0 saturated heterocycles. The molecule has 1 aromatic rings. The Bertz CT molecular complexity index is 541. The molecule has 1 aromatic carbocycles. The average molecular weight is 306 g/mol. The summed E-state index contributed by atoms with van der Waals surface area (Å²) in [7, 11) is -0.0718. The van der Waals surface area contributed by atoms with Crippen LogP contribution in [0.15, 0.2) is 12.1 Å². The first-order valence-electron chi connectivity index (χ1n) is 7.52. The first-order valence-corrected chi connectivity index (χ1v) is 8.40. The SMILES string of the molecule is Cc1ccc(C)c(C(=O)C(P=O)C(C)CC(C)(C)C)c1C. The van der Waals surface area contributed by atoms with Crippen molar-refractivity contribution >= 4 is 14.2 Å². The highest BCUT2D eigenvalue weighted by molar-refractivity contribution is 7.26. The smallest absolute Gasteiger partial charge is 0.178 e. The van der Waals surface area contributed by atoms with E-state index in [1.807, 2.05) is 39.8 Å². The summed E-state index contributed by atoms with van der Waals surface area (Å²) in [6.45, 7) is 14.4. The lowest BCUT2D eigenvalue weighted by atomic mass is 9.81. The number of Topliss-reactive ketones (excluding diaryl/α,β-unsaturated/α-hetero) is 1. The second-order valence-corrected chi connectivity index (χ2v) is 8.12. The van der Waals surface area contributed by atoms with E-state index in [0.29, 0.717) is 0 Å². The molecule has 3 heteroatoms. The molecule has 2 nitrogen and oxygen atoms in total. The fraction of sp³-hybridized carbons (Fsp3) is 0.611. The summed E-state index contributed by atoms with van der Waals surface area (Å²) in [5.74, 6) is 0.109. The molecule has 2 atom stereocenters. The number of aryl methyl sites for hydroxylation is 2. The molecular formula is C18H27O2P. The summed E-state index contributed by atoms with van der Waals surface area (Å²) < 4.78 is 11.6. The van der Waals surface area contributed by atoms with Crippen LogP contribution in [0.25, 0.3) is 0 Å². The summed E-state index contributed by atoms with van der Waals surface area (Å²) >= 11 is 0. The van der Waals surface area contributed by atoms with Crippen LogP contribution in [0.3, 0.4) is 0 Å². The van der Waals surface area contributed by atoms with Gasteiger partial charge >= 0.3 is 0 Å². The minimum absolute atomic E-state index is 0.0158. The molecule has 0 heterocycles. The van der Waals surface area contributed by atoms with Gasteiger partial charge in [-0.05, 0) is 55.2 Å². The molecular weight excluding hydrogens is 279 g/mol. The number of rotatable bonds is 5.